The Bertz CT molecular complexity index is 495. The lowest BCUT2D eigenvalue weighted by molar-refractivity contribution is -0.122. The lowest BCUT2D eigenvalue weighted by Crippen LogP contribution is -2.51. The van der Waals surface area contributed by atoms with E-state index in [4.69, 9.17) is 0 Å². The maximum atomic E-state index is 12.3. The van der Waals surface area contributed by atoms with Crippen LogP contribution in [0.3, 0.4) is 0 Å². The predicted molar refractivity (Wildman–Crippen MR) is 77.8 cm³/mol. The van der Waals surface area contributed by atoms with Gasteiger partial charge in [0.25, 0.3) is 5.91 Å². The molecule has 0 aromatic carbocycles. The Kier molecular flexibility index (Phi) is 5.21. The van der Waals surface area contributed by atoms with E-state index in [1.807, 2.05) is 13.8 Å². The predicted octanol–water partition coefficient (Wildman–Crippen LogP) is -0.321. The van der Waals surface area contributed by atoms with Crippen molar-refractivity contribution in [2.45, 2.75) is 13.8 Å². The Hall–Kier alpha value is -2.02. The maximum Gasteiger partial charge on any atom is 0.274 e. The van der Waals surface area contributed by atoms with Gasteiger partial charge in [0.05, 0.1) is 18.4 Å². The summed E-state index contributed by atoms with van der Waals surface area (Å²) in [4.78, 5) is 35.8. The standard InChI is InChI=1S/C14H21N5O2/c1-3-15-13(20)10-18-4-6-19(7-5-18)14(21)12-9-16-11(2)8-17-12/h8-9H,3-7,10H2,1-2H3,(H,15,20). The second-order valence-electron chi connectivity index (χ2n) is 5.06. The van der Waals surface area contributed by atoms with Crippen LogP contribution in [0, 0.1) is 6.92 Å². The van der Waals surface area contributed by atoms with Gasteiger partial charge in [0.2, 0.25) is 5.91 Å². The molecule has 0 saturated carbocycles. The van der Waals surface area contributed by atoms with Crippen molar-refractivity contribution >= 4 is 11.8 Å². The van der Waals surface area contributed by atoms with Gasteiger partial charge in [0.1, 0.15) is 5.69 Å². The average Bonchev–Trinajstić information content (AvgIpc) is 2.48. The Morgan fingerprint density at radius 3 is 2.48 bits per heavy atom. The molecule has 0 radical (unpaired) electrons. The first-order chi connectivity index (χ1) is 10.1. The molecule has 2 heterocycles. The third-order valence-corrected chi connectivity index (χ3v) is 3.40. The summed E-state index contributed by atoms with van der Waals surface area (Å²) in [6.45, 7) is 7.37. The highest BCUT2D eigenvalue weighted by atomic mass is 16.2. The zero-order valence-electron chi connectivity index (χ0n) is 12.5. The molecule has 0 bridgehead atoms. The molecule has 21 heavy (non-hydrogen) atoms. The first kappa shape index (κ1) is 15.4. The number of piperazine rings is 1. The molecule has 2 amide bonds. The molecule has 7 heteroatoms. The number of carbonyl (C=O) groups excluding carboxylic acids is 2. The number of aryl methyl sites for hydroxylation is 1. The van der Waals surface area contributed by atoms with Gasteiger partial charge in [0, 0.05) is 38.9 Å². The van der Waals surface area contributed by atoms with Gasteiger partial charge in [-0.05, 0) is 13.8 Å². The van der Waals surface area contributed by atoms with Crippen molar-refractivity contribution in [3.05, 3.63) is 23.8 Å². The van der Waals surface area contributed by atoms with E-state index in [-0.39, 0.29) is 11.8 Å². The lowest BCUT2D eigenvalue weighted by atomic mass is 10.2. The number of amides is 2. The molecule has 1 saturated heterocycles. The Labute approximate surface area is 124 Å². The van der Waals surface area contributed by atoms with E-state index in [9.17, 15) is 9.59 Å². The smallest absolute Gasteiger partial charge is 0.274 e. The van der Waals surface area contributed by atoms with E-state index in [0.717, 1.165) is 5.69 Å². The second kappa shape index (κ2) is 7.12. The fourth-order valence-electron chi connectivity index (χ4n) is 2.23. The maximum absolute atomic E-state index is 12.3. The summed E-state index contributed by atoms with van der Waals surface area (Å²) in [5, 5.41) is 2.78. The van der Waals surface area contributed by atoms with Crippen LogP contribution < -0.4 is 5.32 Å². The summed E-state index contributed by atoms with van der Waals surface area (Å²) in [6.07, 6.45) is 3.11. The fourth-order valence-corrected chi connectivity index (χ4v) is 2.23. The molecular formula is C14H21N5O2. The number of likely N-dealkylation sites (N-methyl/N-ethyl adjacent to an activating group) is 1. The van der Waals surface area contributed by atoms with E-state index in [2.05, 4.69) is 20.2 Å². The van der Waals surface area contributed by atoms with Crippen molar-refractivity contribution in [3.8, 4) is 0 Å². The number of nitrogens with one attached hydrogen (secondary N) is 1. The van der Waals surface area contributed by atoms with Crippen LogP contribution >= 0.6 is 0 Å². The molecule has 1 aliphatic rings. The van der Waals surface area contributed by atoms with Gasteiger partial charge in [-0.2, -0.15) is 0 Å². The highest BCUT2D eigenvalue weighted by Gasteiger charge is 2.23. The van der Waals surface area contributed by atoms with Gasteiger partial charge in [-0.25, -0.2) is 4.98 Å². The van der Waals surface area contributed by atoms with Gasteiger partial charge in [0.15, 0.2) is 0 Å². The van der Waals surface area contributed by atoms with Crippen molar-refractivity contribution < 1.29 is 9.59 Å². The third kappa shape index (κ3) is 4.22. The van der Waals surface area contributed by atoms with E-state index >= 15 is 0 Å². The van der Waals surface area contributed by atoms with Crippen molar-refractivity contribution in [2.75, 3.05) is 39.3 Å². The van der Waals surface area contributed by atoms with Gasteiger partial charge in [-0.3, -0.25) is 19.5 Å². The zero-order valence-corrected chi connectivity index (χ0v) is 12.5. The number of aromatic nitrogens is 2. The highest BCUT2D eigenvalue weighted by molar-refractivity contribution is 5.92. The van der Waals surface area contributed by atoms with Crippen LogP contribution in [0.2, 0.25) is 0 Å². The molecule has 0 aliphatic carbocycles. The molecule has 1 fully saturated rings. The van der Waals surface area contributed by atoms with Crippen molar-refractivity contribution in [1.29, 1.82) is 0 Å². The van der Waals surface area contributed by atoms with Crippen LogP contribution in [0.25, 0.3) is 0 Å². The Morgan fingerprint density at radius 2 is 1.90 bits per heavy atom. The van der Waals surface area contributed by atoms with Crippen LogP contribution in [0.1, 0.15) is 23.1 Å². The molecule has 1 aliphatic heterocycles. The van der Waals surface area contributed by atoms with Gasteiger partial charge < -0.3 is 10.2 Å². The third-order valence-electron chi connectivity index (χ3n) is 3.40. The lowest BCUT2D eigenvalue weighted by Gasteiger charge is -2.34. The van der Waals surface area contributed by atoms with Crippen molar-refractivity contribution in [2.24, 2.45) is 0 Å². The molecule has 114 valence electrons. The number of nitrogens with zero attached hydrogens (tertiary/aromatic N) is 4. The second-order valence-corrected chi connectivity index (χ2v) is 5.06. The monoisotopic (exact) mass is 291 g/mol. The summed E-state index contributed by atoms with van der Waals surface area (Å²) >= 11 is 0. The zero-order chi connectivity index (χ0) is 15.2. The summed E-state index contributed by atoms with van der Waals surface area (Å²) in [6, 6.07) is 0. The summed E-state index contributed by atoms with van der Waals surface area (Å²) in [5.74, 6) is -0.0677. The molecule has 1 aromatic rings. The molecule has 1 aromatic heterocycles. The molecule has 2 rings (SSSR count). The molecular weight excluding hydrogens is 270 g/mol. The SMILES string of the molecule is CCNC(=O)CN1CCN(C(=O)c2cnc(C)cn2)CC1. The molecule has 0 unspecified atom stereocenters. The minimum absolute atomic E-state index is 0.0293. The van der Waals surface area contributed by atoms with E-state index < -0.39 is 0 Å². The topological polar surface area (TPSA) is 78.4 Å². The normalized spacial score (nSPS) is 15.8. The van der Waals surface area contributed by atoms with Crippen LogP contribution in [-0.2, 0) is 4.79 Å². The number of hydrogen-bond donors (Lipinski definition) is 1. The minimum atomic E-state index is -0.0971. The van der Waals surface area contributed by atoms with Crippen molar-refractivity contribution in [3.63, 3.8) is 0 Å². The van der Waals surface area contributed by atoms with E-state index in [0.29, 0.717) is 45.0 Å². The first-order valence-electron chi connectivity index (χ1n) is 7.17. The number of carbonyl (C=O) groups is 2. The number of rotatable bonds is 4. The van der Waals surface area contributed by atoms with Crippen molar-refractivity contribution in [1.82, 2.24) is 25.1 Å². The van der Waals surface area contributed by atoms with Gasteiger partial charge >= 0.3 is 0 Å². The van der Waals surface area contributed by atoms with Crippen LogP contribution in [0.5, 0.6) is 0 Å². The minimum Gasteiger partial charge on any atom is -0.355 e. The van der Waals surface area contributed by atoms with Gasteiger partial charge in [-0.15, -0.1) is 0 Å². The number of hydrogen-bond acceptors (Lipinski definition) is 5. The average molecular weight is 291 g/mol. The summed E-state index contributed by atoms with van der Waals surface area (Å²) in [5.41, 5.74) is 1.16. The van der Waals surface area contributed by atoms with E-state index in [1.165, 1.54) is 6.20 Å². The Morgan fingerprint density at radius 1 is 1.19 bits per heavy atom. The summed E-state index contributed by atoms with van der Waals surface area (Å²) < 4.78 is 0. The van der Waals surface area contributed by atoms with Crippen LogP contribution in [0.15, 0.2) is 12.4 Å². The highest BCUT2D eigenvalue weighted by Crippen LogP contribution is 2.06. The van der Waals surface area contributed by atoms with E-state index in [1.54, 1.807) is 11.1 Å². The molecule has 1 N–H and O–H groups in total. The molecule has 0 atom stereocenters. The fraction of sp³-hybridized carbons (Fsp3) is 0.571. The Balaban J connectivity index is 1.84. The van der Waals surface area contributed by atoms with Crippen LogP contribution in [0.4, 0.5) is 0 Å². The molecule has 7 nitrogen and oxygen atoms in total. The largest absolute Gasteiger partial charge is 0.355 e. The summed E-state index contributed by atoms with van der Waals surface area (Å²) in [7, 11) is 0. The molecule has 0 spiro atoms. The first-order valence-corrected chi connectivity index (χ1v) is 7.17. The van der Waals surface area contributed by atoms with Gasteiger partial charge in [-0.1, -0.05) is 0 Å². The van der Waals surface area contributed by atoms with Crippen LogP contribution in [-0.4, -0.2) is 70.9 Å². The quantitative estimate of drug-likeness (QED) is 0.822.